The first-order chi connectivity index (χ1) is 12.3. The minimum Gasteiger partial charge on any atom is -0.350 e. The lowest BCUT2D eigenvalue weighted by Gasteiger charge is -2.23. The summed E-state index contributed by atoms with van der Waals surface area (Å²) in [6, 6.07) is 8.60. The number of halogens is 1. The smallest absolute Gasteiger partial charge is 0.325 e. The Bertz CT molecular complexity index is 882. The molecule has 8 heteroatoms. The molecule has 2 N–H and O–H groups in total. The molecule has 1 aliphatic rings. The van der Waals surface area contributed by atoms with Crippen LogP contribution in [0.2, 0.25) is 0 Å². The first-order valence-corrected chi connectivity index (χ1v) is 9.69. The van der Waals surface area contributed by atoms with Crippen LogP contribution in [0.5, 0.6) is 0 Å². The van der Waals surface area contributed by atoms with Crippen LogP contribution in [-0.4, -0.2) is 29.3 Å². The predicted molar refractivity (Wildman–Crippen MR) is 103 cm³/mol. The zero-order valence-electron chi connectivity index (χ0n) is 14.3. The van der Waals surface area contributed by atoms with Crippen LogP contribution >= 0.6 is 27.3 Å². The zero-order chi connectivity index (χ0) is 18.9. The van der Waals surface area contributed by atoms with Crippen LogP contribution in [0.3, 0.4) is 0 Å². The highest BCUT2D eigenvalue weighted by Gasteiger charge is 2.50. The van der Waals surface area contributed by atoms with Crippen LogP contribution in [0, 0.1) is 6.92 Å². The third-order valence-corrected chi connectivity index (χ3v) is 6.12. The second-order valence-corrected chi connectivity index (χ2v) is 8.08. The van der Waals surface area contributed by atoms with Crippen molar-refractivity contribution in [1.29, 1.82) is 0 Å². The van der Waals surface area contributed by atoms with Gasteiger partial charge < -0.3 is 10.6 Å². The molecule has 0 spiro atoms. The molecule has 1 saturated heterocycles. The van der Waals surface area contributed by atoms with E-state index in [0.29, 0.717) is 12.1 Å². The number of carbonyl (C=O) groups is 3. The lowest BCUT2D eigenvalue weighted by Crippen LogP contribution is -2.43. The number of amides is 4. The fourth-order valence-electron chi connectivity index (χ4n) is 2.85. The van der Waals surface area contributed by atoms with E-state index >= 15 is 0 Å². The Kier molecular flexibility index (Phi) is 5.15. The number of urea groups is 1. The Balaban J connectivity index is 1.70. The lowest BCUT2D eigenvalue weighted by molar-refractivity contribution is -0.134. The summed E-state index contributed by atoms with van der Waals surface area (Å²) in [6.45, 7) is 3.68. The van der Waals surface area contributed by atoms with Crippen molar-refractivity contribution in [3.63, 3.8) is 0 Å². The molecule has 1 fully saturated rings. The number of carbonyl (C=O) groups excluding carboxylic acids is 3. The van der Waals surface area contributed by atoms with Crippen LogP contribution < -0.4 is 10.6 Å². The Morgan fingerprint density at radius 3 is 2.69 bits per heavy atom. The Hall–Kier alpha value is -2.19. The summed E-state index contributed by atoms with van der Waals surface area (Å²) in [4.78, 5) is 39.4. The number of hydrogen-bond acceptors (Lipinski definition) is 4. The van der Waals surface area contributed by atoms with Crippen LogP contribution in [0.15, 0.2) is 40.2 Å². The van der Waals surface area contributed by atoms with Gasteiger partial charge in [-0.05, 0) is 36.9 Å². The van der Waals surface area contributed by atoms with Gasteiger partial charge in [0.2, 0.25) is 5.91 Å². The van der Waals surface area contributed by atoms with Crippen LogP contribution in [0.1, 0.15) is 22.9 Å². The monoisotopic (exact) mass is 435 g/mol. The number of hydrogen-bond donors (Lipinski definition) is 2. The fraction of sp³-hybridized carbons (Fsp3) is 0.278. The lowest BCUT2D eigenvalue weighted by atomic mass is 9.92. The second kappa shape index (κ2) is 7.20. The highest BCUT2D eigenvalue weighted by molar-refractivity contribution is 9.10. The Morgan fingerprint density at radius 1 is 1.31 bits per heavy atom. The van der Waals surface area contributed by atoms with Gasteiger partial charge in [-0.15, -0.1) is 11.3 Å². The van der Waals surface area contributed by atoms with Gasteiger partial charge in [-0.25, -0.2) is 4.79 Å². The van der Waals surface area contributed by atoms with E-state index in [1.807, 2.05) is 24.4 Å². The molecular weight excluding hydrogens is 418 g/mol. The largest absolute Gasteiger partial charge is 0.350 e. The molecule has 0 saturated carbocycles. The van der Waals surface area contributed by atoms with Crippen molar-refractivity contribution >= 4 is 45.1 Å². The van der Waals surface area contributed by atoms with Crippen molar-refractivity contribution in [3.8, 4) is 0 Å². The molecule has 4 amide bonds. The van der Waals surface area contributed by atoms with Crippen LogP contribution in [-0.2, 0) is 21.7 Å². The first-order valence-electron chi connectivity index (χ1n) is 8.01. The van der Waals surface area contributed by atoms with E-state index < -0.39 is 17.5 Å². The molecule has 2 heterocycles. The molecular formula is C18H18BrN3O3S. The standard InChI is InChI=1S/C18H18BrN3O3S/c1-11-7-8-26-14(11)9-20-15(23)10-22-16(24)18(2,21-17(22)25)12-5-3-4-6-13(12)19/h3-8H,9-10H2,1-2H3,(H,20,23)(H,21,25). The van der Waals surface area contributed by atoms with Crippen molar-refractivity contribution in [2.24, 2.45) is 0 Å². The summed E-state index contributed by atoms with van der Waals surface area (Å²) in [7, 11) is 0. The molecule has 136 valence electrons. The average Bonchev–Trinajstić information content (AvgIpc) is 3.10. The average molecular weight is 436 g/mol. The maximum atomic E-state index is 12.9. The quantitative estimate of drug-likeness (QED) is 0.708. The summed E-state index contributed by atoms with van der Waals surface area (Å²) in [5.74, 6) is -0.825. The molecule has 1 aliphatic heterocycles. The predicted octanol–water partition coefficient (Wildman–Crippen LogP) is 2.90. The van der Waals surface area contributed by atoms with Gasteiger partial charge in [0.25, 0.3) is 5.91 Å². The number of nitrogens with zero attached hydrogens (tertiary/aromatic N) is 1. The molecule has 0 aliphatic carbocycles. The van der Waals surface area contributed by atoms with Gasteiger partial charge in [0.15, 0.2) is 0 Å². The summed E-state index contributed by atoms with van der Waals surface area (Å²) in [6.07, 6.45) is 0. The molecule has 0 radical (unpaired) electrons. The first kappa shape index (κ1) is 18.6. The van der Waals surface area contributed by atoms with E-state index in [0.717, 1.165) is 19.8 Å². The van der Waals surface area contributed by atoms with E-state index in [-0.39, 0.29) is 12.5 Å². The van der Waals surface area contributed by atoms with Gasteiger partial charge in [0, 0.05) is 14.9 Å². The van der Waals surface area contributed by atoms with Gasteiger partial charge >= 0.3 is 6.03 Å². The normalized spacial score (nSPS) is 19.6. The van der Waals surface area contributed by atoms with Gasteiger partial charge in [0.1, 0.15) is 12.1 Å². The van der Waals surface area contributed by atoms with Crippen molar-refractivity contribution in [2.45, 2.75) is 25.9 Å². The van der Waals surface area contributed by atoms with E-state index in [9.17, 15) is 14.4 Å². The summed E-state index contributed by atoms with van der Waals surface area (Å²) in [5, 5.41) is 7.42. The number of aryl methyl sites for hydroxylation is 1. The maximum Gasteiger partial charge on any atom is 0.325 e. The molecule has 1 aromatic carbocycles. The SMILES string of the molecule is Cc1ccsc1CNC(=O)CN1C(=O)NC(C)(c2ccccc2Br)C1=O. The molecule has 0 bridgehead atoms. The highest BCUT2D eigenvalue weighted by atomic mass is 79.9. The van der Waals surface area contributed by atoms with E-state index in [1.165, 1.54) is 0 Å². The minimum atomic E-state index is -1.21. The molecule has 1 atom stereocenters. The van der Waals surface area contributed by atoms with E-state index in [1.54, 1.807) is 36.5 Å². The number of thiophene rings is 1. The number of benzene rings is 1. The Morgan fingerprint density at radius 2 is 2.04 bits per heavy atom. The zero-order valence-corrected chi connectivity index (χ0v) is 16.7. The summed E-state index contributed by atoms with van der Waals surface area (Å²) >= 11 is 4.97. The molecule has 1 unspecified atom stereocenters. The third-order valence-electron chi connectivity index (χ3n) is 4.40. The minimum absolute atomic E-state index is 0.310. The molecule has 2 aromatic rings. The maximum absolute atomic E-state index is 12.9. The van der Waals surface area contributed by atoms with Crippen LogP contribution in [0.25, 0.3) is 0 Å². The van der Waals surface area contributed by atoms with E-state index in [2.05, 4.69) is 26.6 Å². The fourth-order valence-corrected chi connectivity index (χ4v) is 4.38. The summed E-state index contributed by atoms with van der Waals surface area (Å²) in [5.41, 5.74) is 0.546. The van der Waals surface area contributed by atoms with Gasteiger partial charge in [-0.3, -0.25) is 14.5 Å². The van der Waals surface area contributed by atoms with Crippen molar-refractivity contribution in [1.82, 2.24) is 15.5 Å². The number of rotatable bonds is 5. The Labute approximate surface area is 163 Å². The number of nitrogens with one attached hydrogen (secondary N) is 2. The van der Waals surface area contributed by atoms with Crippen molar-refractivity contribution in [2.75, 3.05) is 6.54 Å². The molecule has 1 aromatic heterocycles. The molecule has 26 heavy (non-hydrogen) atoms. The number of imide groups is 1. The van der Waals surface area contributed by atoms with Crippen LogP contribution in [0.4, 0.5) is 4.79 Å². The molecule has 3 rings (SSSR count). The van der Waals surface area contributed by atoms with Gasteiger partial charge in [-0.1, -0.05) is 34.1 Å². The highest BCUT2D eigenvalue weighted by Crippen LogP contribution is 2.33. The summed E-state index contributed by atoms with van der Waals surface area (Å²) < 4.78 is 0.718. The van der Waals surface area contributed by atoms with Crippen molar-refractivity contribution in [3.05, 3.63) is 56.2 Å². The van der Waals surface area contributed by atoms with Gasteiger partial charge in [-0.2, -0.15) is 0 Å². The topological polar surface area (TPSA) is 78.5 Å². The van der Waals surface area contributed by atoms with Crippen molar-refractivity contribution < 1.29 is 14.4 Å². The van der Waals surface area contributed by atoms with Gasteiger partial charge in [0.05, 0.1) is 6.54 Å². The third kappa shape index (κ3) is 3.39. The second-order valence-electron chi connectivity index (χ2n) is 6.23. The molecule has 6 nitrogen and oxygen atoms in total. The van der Waals surface area contributed by atoms with E-state index in [4.69, 9.17) is 0 Å².